The molecule has 2 N–H and O–H groups in total. The quantitative estimate of drug-likeness (QED) is 0.104. The van der Waals surface area contributed by atoms with E-state index in [1.54, 1.807) is 0 Å². The Balaban J connectivity index is 3.02. The zero-order valence-corrected chi connectivity index (χ0v) is 23.2. The molecule has 0 bridgehead atoms. The fraction of sp³-hybridized carbons (Fsp3) is 0.960. The summed E-state index contributed by atoms with van der Waals surface area (Å²) in [6.07, 6.45) is 0.00150. The van der Waals surface area contributed by atoms with Crippen LogP contribution in [0.5, 0.6) is 0 Å². The molecule has 228 valence electrons. The highest BCUT2D eigenvalue weighted by molar-refractivity contribution is 5.66. The van der Waals surface area contributed by atoms with Crippen LogP contribution in [0.4, 0.5) is 0 Å². The first-order valence-corrected chi connectivity index (χ1v) is 13.5. The van der Waals surface area contributed by atoms with Gasteiger partial charge < -0.3 is 57.8 Å². The SMILES string of the molecule is CCNCCOCCOCCOCCOCCOCCOCCOCCOCCOCCOCCC(=O)O. The summed E-state index contributed by atoms with van der Waals surface area (Å²) in [6, 6.07) is 0. The van der Waals surface area contributed by atoms with E-state index < -0.39 is 5.97 Å². The molecule has 0 heterocycles. The van der Waals surface area contributed by atoms with E-state index in [4.69, 9.17) is 52.5 Å². The standard InChI is InChI=1S/C25H51NO12/c1-2-26-4-6-30-8-10-32-12-14-34-16-18-36-20-22-38-24-23-37-21-19-35-17-15-33-13-11-31-9-7-29-5-3-25(27)28/h26H,2-24H2,1H3,(H,27,28). The molecule has 0 aliphatic rings. The Bertz CT molecular complexity index is 462. The summed E-state index contributed by atoms with van der Waals surface area (Å²) in [6.45, 7) is 13.8. The van der Waals surface area contributed by atoms with Gasteiger partial charge in [-0.2, -0.15) is 0 Å². The lowest BCUT2D eigenvalue weighted by Gasteiger charge is -2.09. The number of carbonyl (C=O) groups is 1. The van der Waals surface area contributed by atoms with E-state index in [0.717, 1.165) is 13.1 Å². The van der Waals surface area contributed by atoms with Gasteiger partial charge in [0.2, 0.25) is 0 Å². The van der Waals surface area contributed by atoms with Gasteiger partial charge in [0.25, 0.3) is 0 Å². The minimum Gasteiger partial charge on any atom is -0.481 e. The number of rotatable bonds is 34. The molecule has 0 radical (unpaired) electrons. The normalized spacial score (nSPS) is 11.4. The van der Waals surface area contributed by atoms with Crippen LogP contribution in [0.15, 0.2) is 0 Å². The van der Waals surface area contributed by atoms with Gasteiger partial charge in [-0.15, -0.1) is 0 Å². The summed E-state index contributed by atoms with van der Waals surface area (Å²) in [5.74, 6) is -0.871. The molecule has 0 aliphatic carbocycles. The molecule has 38 heavy (non-hydrogen) atoms. The molecule has 0 amide bonds. The topological polar surface area (TPSA) is 142 Å². The fourth-order valence-corrected chi connectivity index (χ4v) is 2.56. The van der Waals surface area contributed by atoms with Crippen molar-refractivity contribution in [2.45, 2.75) is 13.3 Å². The maximum atomic E-state index is 10.3. The number of hydrogen-bond acceptors (Lipinski definition) is 12. The van der Waals surface area contributed by atoms with Crippen LogP contribution in [0.1, 0.15) is 13.3 Å². The Kier molecular flexibility index (Phi) is 33.2. The van der Waals surface area contributed by atoms with Crippen molar-refractivity contribution in [2.24, 2.45) is 0 Å². The highest BCUT2D eigenvalue weighted by Crippen LogP contribution is 1.87. The summed E-state index contributed by atoms with van der Waals surface area (Å²) in [5.41, 5.74) is 0. The zero-order chi connectivity index (χ0) is 27.6. The van der Waals surface area contributed by atoms with Crippen LogP contribution < -0.4 is 5.32 Å². The van der Waals surface area contributed by atoms with Gasteiger partial charge in [-0.3, -0.25) is 4.79 Å². The lowest BCUT2D eigenvalue weighted by Crippen LogP contribution is -2.20. The van der Waals surface area contributed by atoms with Gasteiger partial charge in [0, 0.05) is 6.54 Å². The summed E-state index contributed by atoms with van der Waals surface area (Å²) >= 11 is 0. The smallest absolute Gasteiger partial charge is 0.305 e. The Morgan fingerprint density at radius 3 is 0.921 bits per heavy atom. The third-order valence-electron chi connectivity index (χ3n) is 4.48. The lowest BCUT2D eigenvalue weighted by molar-refractivity contribution is -0.138. The highest BCUT2D eigenvalue weighted by atomic mass is 16.6. The Labute approximate surface area is 227 Å². The van der Waals surface area contributed by atoms with E-state index >= 15 is 0 Å². The van der Waals surface area contributed by atoms with Crippen LogP contribution in [0.2, 0.25) is 0 Å². The predicted molar refractivity (Wildman–Crippen MR) is 139 cm³/mol. The van der Waals surface area contributed by atoms with Crippen molar-refractivity contribution < 1.29 is 57.3 Å². The van der Waals surface area contributed by atoms with E-state index in [1.807, 2.05) is 0 Å². The number of likely N-dealkylation sites (N-methyl/N-ethyl adjacent to an activating group) is 1. The molecule has 0 saturated carbocycles. The molecule has 0 fully saturated rings. The predicted octanol–water partition coefficient (Wildman–Crippen LogP) is 0.237. The molecule has 0 saturated heterocycles. The van der Waals surface area contributed by atoms with Crippen LogP contribution >= 0.6 is 0 Å². The van der Waals surface area contributed by atoms with Crippen LogP contribution in [0, 0.1) is 0 Å². The maximum absolute atomic E-state index is 10.3. The van der Waals surface area contributed by atoms with E-state index in [-0.39, 0.29) is 13.0 Å². The first-order valence-electron chi connectivity index (χ1n) is 13.5. The Morgan fingerprint density at radius 1 is 0.447 bits per heavy atom. The molecule has 0 rings (SSSR count). The molecular weight excluding hydrogens is 506 g/mol. The molecule has 0 aromatic heterocycles. The van der Waals surface area contributed by atoms with Gasteiger partial charge in [0.1, 0.15) is 0 Å². The number of carboxylic acid groups (broad SMARTS) is 1. The first kappa shape index (κ1) is 37.0. The second kappa shape index (κ2) is 34.1. The van der Waals surface area contributed by atoms with E-state index in [0.29, 0.717) is 126 Å². The molecule has 0 spiro atoms. The van der Waals surface area contributed by atoms with Crippen molar-refractivity contribution in [1.29, 1.82) is 0 Å². The summed E-state index contributed by atoms with van der Waals surface area (Å²) in [4.78, 5) is 10.3. The molecule has 0 atom stereocenters. The van der Waals surface area contributed by atoms with Crippen molar-refractivity contribution in [3.63, 3.8) is 0 Å². The monoisotopic (exact) mass is 557 g/mol. The fourth-order valence-electron chi connectivity index (χ4n) is 2.56. The molecular formula is C25H51NO12. The van der Waals surface area contributed by atoms with Gasteiger partial charge in [-0.05, 0) is 6.54 Å². The van der Waals surface area contributed by atoms with Crippen molar-refractivity contribution in [2.75, 3.05) is 145 Å². The molecule has 13 nitrogen and oxygen atoms in total. The number of ether oxygens (including phenoxy) is 10. The Hall–Kier alpha value is -0.970. The number of hydrogen-bond donors (Lipinski definition) is 2. The summed E-state index contributed by atoms with van der Waals surface area (Å²) in [7, 11) is 0. The van der Waals surface area contributed by atoms with E-state index in [1.165, 1.54) is 0 Å². The molecule has 13 heteroatoms. The third kappa shape index (κ3) is 35.0. The lowest BCUT2D eigenvalue weighted by atomic mass is 10.5. The average Bonchev–Trinajstić information content (AvgIpc) is 2.91. The average molecular weight is 558 g/mol. The van der Waals surface area contributed by atoms with Crippen molar-refractivity contribution >= 4 is 5.97 Å². The van der Waals surface area contributed by atoms with Crippen molar-refractivity contribution in [3.05, 3.63) is 0 Å². The molecule has 0 aromatic carbocycles. The molecule has 0 aliphatic heterocycles. The van der Waals surface area contributed by atoms with Crippen LogP contribution in [-0.2, 0) is 52.2 Å². The van der Waals surface area contributed by atoms with Crippen molar-refractivity contribution in [1.82, 2.24) is 5.32 Å². The number of aliphatic carboxylic acids is 1. The van der Waals surface area contributed by atoms with Crippen LogP contribution in [-0.4, -0.2) is 156 Å². The van der Waals surface area contributed by atoms with Gasteiger partial charge in [-0.25, -0.2) is 0 Å². The summed E-state index contributed by atoms with van der Waals surface area (Å²) in [5, 5.41) is 11.7. The third-order valence-corrected chi connectivity index (χ3v) is 4.48. The van der Waals surface area contributed by atoms with E-state index in [2.05, 4.69) is 12.2 Å². The van der Waals surface area contributed by atoms with Crippen LogP contribution in [0.3, 0.4) is 0 Å². The number of nitrogens with one attached hydrogen (secondary N) is 1. The molecule has 0 unspecified atom stereocenters. The zero-order valence-electron chi connectivity index (χ0n) is 23.2. The number of carboxylic acids is 1. The molecule has 0 aromatic rings. The second-order valence-corrected chi connectivity index (χ2v) is 7.62. The Morgan fingerprint density at radius 2 is 0.684 bits per heavy atom. The van der Waals surface area contributed by atoms with Gasteiger partial charge in [-0.1, -0.05) is 6.92 Å². The van der Waals surface area contributed by atoms with Gasteiger partial charge >= 0.3 is 5.97 Å². The van der Waals surface area contributed by atoms with Crippen LogP contribution in [0.25, 0.3) is 0 Å². The van der Waals surface area contributed by atoms with Gasteiger partial charge in [0.05, 0.1) is 139 Å². The highest BCUT2D eigenvalue weighted by Gasteiger charge is 1.97. The van der Waals surface area contributed by atoms with E-state index in [9.17, 15) is 4.79 Å². The largest absolute Gasteiger partial charge is 0.481 e. The maximum Gasteiger partial charge on any atom is 0.305 e. The van der Waals surface area contributed by atoms with Crippen molar-refractivity contribution in [3.8, 4) is 0 Å². The first-order chi connectivity index (χ1) is 18.8. The second-order valence-electron chi connectivity index (χ2n) is 7.62. The minimum atomic E-state index is -0.871. The van der Waals surface area contributed by atoms with Gasteiger partial charge in [0.15, 0.2) is 0 Å². The summed E-state index contributed by atoms with van der Waals surface area (Å²) < 4.78 is 53.8. The minimum absolute atomic E-state index is 0.00150.